The Morgan fingerprint density at radius 1 is 1.11 bits per heavy atom. The second-order valence-corrected chi connectivity index (χ2v) is 4.36. The van der Waals surface area contributed by atoms with Gasteiger partial charge in [-0.1, -0.05) is 40.2 Å². The largest absolute Gasteiger partial charge is 0.507 e. The molecule has 0 aliphatic carbocycles. The molecule has 0 aromatic heterocycles. The topological polar surface area (TPSA) is 49.3 Å². The first-order valence-electron chi connectivity index (χ1n) is 5.45. The third-order valence-corrected chi connectivity index (χ3v) is 3.16. The lowest BCUT2D eigenvalue weighted by molar-refractivity contribution is 0.102. The summed E-state index contributed by atoms with van der Waals surface area (Å²) in [7, 11) is 0. The summed E-state index contributed by atoms with van der Waals surface area (Å²) in [6.45, 7) is 0. The van der Waals surface area contributed by atoms with E-state index in [1.807, 2.05) is 24.3 Å². The van der Waals surface area contributed by atoms with Crippen molar-refractivity contribution >= 4 is 27.5 Å². The number of hydrogen-bond donors (Lipinski definition) is 2. The molecule has 18 heavy (non-hydrogen) atoms. The van der Waals surface area contributed by atoms with Crippen molar-refractivity contribution in [2.24, 2.45) is 0 Å². The van der Waals surface area contributed by atoms with E-state index < -0.39 is 0 Å². The van der Waals surface area contributed by atoms with Crippen LogP contribution in [0.1, 0.15) is 15.9 Å². The maximum atomic E-state index is 11.9. The Kier molecular flexibility index (Phi) is 3.99. The van der Waals surface area contributed by atoms with E-state index >= 15 is 0 Å². The molecule has 0 saturated carbocycles. The first kappa shape index (κ1) is 12.6. The van der Waals surface area contributed by atoms with Gasteiger partial charge in [0.2, 0.25) is 0 Å². The number of carbonyl (C=O) groups excluding carboxylic acids is 1. The Balaban J connectivity index is 2.14. The number of amides is 1. The van der Waals surface area contributed by atoms with Gasteiger partial charge in [0.15, 0.2) is 0 Å². The van der Waals surface area contributed by atoms with Crippen molar-refractivity contribution in [3.05, 3.63) is 59.7 Å². The lowest BCUT2D eigenvalue weighted by Crippen LogP contribution is -2.11. The highest BCUT2D eigenvalue weighted by molar-refractivity contribution is 9.08. The third-order valence-electron chi connectivity index (χ3n) is 2.51. The van der Waals surface area contributed by atoms with E-state index in [9.17, 15) is 9.90 Å². The summed E-state index contributed by atoms with van der Waals surface area (Å²) in [6.07, 6.45) is 0. The number of hydrogen-bond acceptors (Lipinski definition) is 2. The van der Waals surface area contributed by atoms with Gasteiger partial charge in [0.05, 0.1) is 5.56 Å². The maximum Gasteiger partial charge on any atom is 0.259 e. The van der Waals surface area contributed by atoms with Crippen molar-refractivity contribution in [2.75, 3.05) is 5.32 Å². The molecule has 0 radical (unpaired) electrons. The zero-order valence-electron chi connectivity index (χ0n) is 9.56. The molecule has 2 aromatic carbocycles. The van der Waals surface area contributed by atoms with Crippen LogP contribution in [0.2, 0.25) is 0 Å². The fourth-order valence-electron chi connectivity index (χ4n) is 1.54. The molecule has 0 aliphatic rings. The minimum atomic E-state index is -0.320. The van der Waals surface area contributed by atoms with Gasteiger partial charge in [0, 0.05) is 11.0 Å². The first-order valence-corrected chi connectivity index (χ1v) is 6.57. The van der Waals surface area contributed by atoms with Gasteiger partial charge in [-0.2, -0.15) is 0 Å². The molecule has 0 atom stereocenters. The van der Waals surface area contributed by atoms with Crippen molar-refractivity contribution in [3.63, 3.8) is 0 Å². The predicted octanol–water partition coefficient (Wildman–Crippen LogP) is 3.54. The molecule has 0 unspecified atom stereocenters. The molecular formula is C14H12BrNO2. The molecule has 2 rings (SSSR count). The van der Waals surface area contributed by atoms with Crippen LogP contribution in [0.3, 0.4) is 0 Å². The number of benzene rings is 2. The van der Waals surface area contributed by atoms with Crippen molar-refractivity contribution < 1.29 is 9.90 Å². The van der Waals surface area contributed by atoms with Gasteiger partial charge in [-0.15, -0.1) is 0 Å². The fraction of sp³-hybridized carbons (Fsp3) is 0.0714. The average Bonchev–Trinajstić information content (AvgIpc) is 2.40. The van der Waals surface area contributed by atoms with Gasteiger partial charge in [-0.25, -0.2) is 0 Å². The van der Waals surface area contributed by atoms with E-state index in [1.54, 1.807) is 18.2 Å². The van der Waals surface area contributed by atoms with E-state index in [0.717, 1.165) is 10.9 Å². The van der Waals surface area contributed by atoms with Crippen LogP contribution in [0, 0.1) is 0 Å². The minimum Gasteiger partial charge on any atom is -0.507 e. The second-order valence-electron chi connectivity index (χ2n) is 3.80. The highest BCUT2D eigenvalue weighted by Gasteiger charge is 2.09. The highest BCUT2D eigenvalue weighted by Crippen LogP contribution is 2.18. The molecule has 0 saturated heterocycles. The van der Waals surface area contributed by atoms with Crippen molar-refractivity contribution in [1.29, 1.82) is 0 Å². The number of nitrogens with one attached hydrogen (secondary N) is 1. The van der Waals surface area contributed by atoms with Crippen LogP contribution in [-0.4, -0.2) is 11.0 Å². The summed E-state index contributed by atoms with van der Waals surface area (Å²) < 4.78 is 0. The minimum absolute atomic E-state index is 0.0212. The van der Waals surface area contributed by atoms with Gasteiger partial charge in [-0.3, -0.25) is 4.79 Å². The molecule has 0 spiro atoms. The number of alkyl halides is 1. The van der Waals surface area contributed by atoms with Crippen molar-refractivity contribution in [3.8, 4) is 5.75 Å². The highest BCUT2D eigenvalue weighted by atomic mass is 79.9. The number of carbonyl (C=O) groups is 1. The Hall–Kier alpha value is -1.81. The second kappa shape index (κ2) is 5.69. The molecule has 0 heterocycles. The quantitative estimate of drug-likeness (QED) is 0.852. The van der Waals surface area contributed by atoms with Crippen LogP contribution in [0.5, 0.6) is 5.75 Å². The smallest absolute Gasteiger partial charge is 0.259 e. The van der Waals surface area contributed by atoms with Gasteiger partial charge in [-0.05, 0) is 29.8 Å². The van der Waals surface area contributed by atoms with Crippen LogP contribution in [0.4, 0.5) is 5.69 Å². The number of halogens is 1. The van der Waals surface area contributed by atoms with Gasteiger partial charge in [0.25, 0.3) is 5.91 Å². The lowest BCUT2D eigenvalue weighted by Gasteiger charge is -2.07. The molecule has 0 bridgehead atoms. The summed E-state index contributed by atoms with van der Waals surface area (Å²) in [6, 6.07) is 14.0. The average molecular weight is 306 g/mol. The standard InChI is InChI=1S/C14H12BrNO2/c15-9-10-5-7-11(8-6-10)16-14(18)12-3-1-2-4-13(12)17/h1-8,17H,9H2,(H,16,18). The number of phenols is 1. The van der Waals surface area contributed by atoms with E-state index in [0.29, 0.717) is 5.69 Å². The number of aromatic hydroxyl groups is 1. The molecule has 2 aromatic rings. The SMILES string of the molecule is O=C(Nc1ccc(CBr)cc1)c1ccccc1O. The van der Waals surface area contributed by atoms with E-state index in [2.05, 4.69) is 21.2 Å². The summed E-state index contributed by atoms with van der Waals surface area (Å²) in [5, 5.41) is 13.1. The normalized spacial score (nSPS) is 10.1. The zero-order valence-corrected chi connectivity index (χ0v) is 11.1. The zero-order chi connectivity index (χ0) is 13.0. The summed E-state index contributed by atoms with van der Waals surface area (Å²) in [5.41, 5.74) is 2.10. The molecule has 0 fully saturated rings. The predicted molar refractivity (Wildman–Crippen MR) is 75.1 cm³/mol. The molecule has 92 valence electrons. The Labute approximate surface area is 114 Å². The van der Waals surface area contributed by atoms with Crippen molar-refractivity contribution in [1.82, 2.24) is 0 Å². The van der Waals surface area contributed by atoms with Crippen LogP contribution in [0.25, 0.3) is 0 Å². The van der Waals surface area contributed by atoms with E-state index in [-0.39, 0.29) is 17.2 Å². The number of para-hydroxylation sites is 1. The van der Waals surface area contributed by atoms with Gasteiger partial charge in [0.1, 0.15) is 5.75 Å². The molecule has 0 aliphatic heterocycles. The van der Waals surface area contributed by atoms with Crippen LogP contribution in [0.15, 0.2) is 48.5 Å². The Morgan fingerprint density at radius 2 is 1.78 bits per heavy atom. The fourth-order valence-corrected chi connectivity index (χ4v) is 1.92. The Morgan fingerprint density at radius 3 is 2.39 bits per heavy atom. The van der Waals surface area contributed by atoms with Crippen molar-refractivity contribution in [2.45, 2.75) is 5.33 Å². The summed E-state index contributed by atoms with van der Waals surface area (Å²) in [4.78, 5) is 11.9. The molecule has 3 nitrogen and oxygen atoms in total. The van der Waals surface area contributed by atoms with Gasteiger partial charge < -0.3 is 10.4 Å². The molecular weight excluding hydrogens is 294 g/mol. The number of anilines is 1. The van der Waals surface area contributed by atoms with Crippen LogP contribution < -0.4 is 5.32 Å². The van der Waals surface area contributed by atoms with Gasteiger partial charge >= 0.3 is 0 Å². The summed E-state index contributed by atoms with van der Waals surface area (Å²) in [5.74, 6) is -0.341. The number of phenolic OH excluding ortho intramolecular Hbond substituents is 1. The van der Waals surface area contributed by atoms with Crippen LogP contribution in [-0.2, 0) is 5.33 Å². The third kappa shape index (κ3) is 2.90. The number of rotatable bonds is 3. The molecule has 4 heteroatoms. The van der Waals surface area contributed by atoms with Crippen LogP contribution >= 0.6 is 15.9 Å². The first-order chi connectivity index (χ1) is 8.70. The summed E-state index contributed by atoms with van der Waals surface area (Å²) >= 11 is 3.36. The Bertz CT molecular complexity index is 552. The maximum absolute atomic E-state index is 11.9. The van der Waals surface area contributed by atoms with E-state index in [4.69, 9.17) is 0 Å². The van der Waals surface area contributed by atoms with E-state index in [1.165, 1.54) is 6.07 Å². The monoisotopic (exact) mass is 305 g/mol. The molecule has 1 amide bonds. The molecule has 2 N–H and O–H groups in total. The lowest BCUT2D eigenvalue weighted by atomic mass is 10.1.